The predicted octanol–water partition coefficient (Wildman–Crippen LogP) is 3.27. The number of carboxylic acids is 1. The lowest BCUT2D eigenvalue weighted by molar-refractivity contribution is -0.138. The fourth-order valence-electron chi connectivity index (χ4n) is 4.05. The smallest absolute Gasteiger partial charge is 0.416 e. The molecule has 2 heterocycles. The molecular formula is C22H16F3N3O4. The van der Waals surface area contributed by atoms with Gasteiger partial charge in [0.05, 0.1) is 34.5 Å². The average molecular weight is 443 g/mol. The van der Waals surface area contributed by atoms with Gasteiger partial charge in [0.1, 0.15) is 6.54 Å². The lowest BCUT2D eigenvalue weighted by Crippen LogP contribution is -2.24. The van der Waals surface area contributed by atoms with E-state index in [2.05, 4.69) is 4.99 Å². The van der Waals surface area contributed by atoms with Crippen molar-refractivity contribution in [1.82, 2.24) is 4.57 Å². The number of alkyl halides is 3. The zero-order chi connectivity index (χ0) is 23.2. The van der Waals surface area contributed by atoms with Gasteiger partial charge in [0.15, 0.2) is 5.78 Å². The van der Waals surface area contributed by atoms with Crippen LogP contribution in [-0.4, -0.2) is 39.6 Å². The first-order valence-corrected chi connectivity index (χ1v) is 9.48. The van der Waals surface area contributed by atoms with Gasteiger partial charge in [-0.15, -0.1) is 0 Å². The molecule has 3 aromatic rings. The molecule has 2 aromatic carbocycles. The Bertz CT molecular complexity index is 1320. The van der Waals surface area contributed by atoms with Gasteiger partial charge in [-0.3, -0.25) is 19.4 Å². The number of hydrogen-bond acceptors (Lipinski definition) is 4. The summed E-state index contributed by atoms with van der Waals surface area (Å²) in [5.41, 5.74) is 5.02. The molecule has 32 heavy (non-hydrogen) atoms. The third kappa shape index (κ3) is 3.53. The van der Waals surface area contributed by atoms with Crippen molar-refractivity contribution in [2.45, 2.75) is 19.1 Å². The van der Waals surface area contributed by atoms with E-state index in [4.69, 9.17) is 5.73 Å². The van der Waals surface area contributed by atoms with Crippen LogP contribution in [0.25, 0.3) is 10.9 Å². The first-order chi connectivity index (χ1) is 15.1. The number of hydrogen-bond donors (Lipinski definition) is 2. The van der Waals surface area contributed by atoms with Gasteiger partial charge < -0.3 is 15.4 Å². The Labute approximate surface area is 179 Å². The quantitative estimate of drug-likeness (QED) is 0.630. The number of halogens is 3. The van der Waals surface area contributed by atoms with Crippen LogP contribution in [0.15, 0.2) is 47.5 Å². The number of amides is 1. The summed E-state index contributed by atoms with van der Waals surface area (Å²) in [4.78, 5) is 40.3. The number of primary amides is 1. The predicted molar refractivity (Wildman–Crippen MR) is 109 cm³/mol. The maximum atomic E-state index is 13.6. The first-order valence-electron chi connectivity index (χ1n) is 9.48. The summed E-state index contributed by atoms with van der Waals surface area (Å²) < 4.78 is 42.2. The molecule has 7 nitrogen and oxygen atoms in total. The second-order valence-electron chi connectivity index (χ2n) is 7.29. The van der Waals surface area contributed by atoms with Crippen molar-refractivity contribution >= 4 is 34.3 Å². The molecule has 0 aliphatic carbocycles. The maximum Gasteiger partial charge on any atom is 0.416 e. The third-order valence-corrected chi connectivity index (χ3v) is 5.29. The Kier molecular flexibility index (Phi) is 5.08. The van der Waals surface area contributed by atoms with Crippen molar-refractivity contribution in [3.63, 3.8) is 0 Å². The van der Waals surface area contributed by atoms with Crippen LogP contribution in [0.3, 0.4) is 0 Å². The zero-order valence-electron chi connectivity index (χ0n) is 16.4. The van der Waals surface area contributed by atoms with Crippen molar-refractivity contribution in [2.24, 2.45) is 10.7 Å². The second-order valence-corrected chi connectivity index (χ2v) is 7.29. The molecule has 1 amide bonds. The van der Waals surface area contributed by atoms with E-state index in [1.807, 2.05) is 0 Å². The molecule has 4 rings (SSSR count). The van der Waals surface area contributed by atoms with Crippen LogP contribution in [0.1, 0.15) is 44.0 Å². The number of ketones is 1. The molecule has 164 valence electrons. The molecule has 0 spiro atoms. The van der Waals surface area contributed by atoms with E-state index in [0.717, 1.165) is 6.07 Å². The highest BCUT2D eigenvalue weighted by Gasteiger charge is 2.35. The number of fused-ring (bicyclic) bond motifs is 3. The molecule has 10 heteroatoms. The molecule has 1 aliphatic rings. The standard InChI is InChI=1S/C22H16F3N3O4/c23-22(24,25)13-6-2-1-4-11(13)10-28-15-7-3-5-12(21(26)32)18(15)19-16(29)9-27-14(20(19)28)8-17(30)31/h1-7H,8-10H2,(H2,26,32)(H,30,31). The van der Waals surface area contributed by atoms with Crippen LogP contribution in [-0.2, 0) is 17.5 Å². The summed E-state index contributed by atoms with van der Waals surface area (Å²) in [5.74, 6) is -2.51. The van der Waals surface area contributed by atoms with E-state index in [0.29, 0.717) is 0 Å². The summed E-state index contributed by atoms with van der Waals surface area (Å²) in [6.45, 7) is -0.656. The number of aromatic nitrogens is 1. The van der Waals surface area contributed by atoms with Gasteiger partial charge in [-0.2, -0.15) is 13.2 Å². The highest BCUT2D eigenvalue weighted by molar-refractivity contribution is 6.26. The van der Waals surface area contributed by atoms with Crippen LogP contribution in [0, 0.1) is 0 Å². The largest absolute Gasteiger partial charge is 0.481 e. The Morgan fingerprint density at radius 3 is 2.50 bits per heavy atom. The van der Waals surface area contributed by atoms with Crippen molar-refractivity contribution in [1.29, 1.82) is 0 Å². The summed E-state index contributed by atoms with van der Waals surface area (Å²) in [6, 6.07) is 9.42. The Hall–Kier alpha value is -3.95. The van der Waals surface area contributed by atoms with Crippen molar-refractivity contribution in [3.05, 3.63) is 70.4 Å². The number of nitrogens with two attached hydrogens (primary N) is 1. The highest BCUT2D eigenvalue weighted by atomic mass is 19.4. The number of aliphatic carboxylic acids is 1. The number of aliphatic imine (C=N–C) groups is 1. The SMILES string of the molecule is NC(=O)c1cccc2c1c1c(n2Cc2ccccc2C(F)(F)F)C(CC(=O)O)=NCC1=O. The minimum absolute atomic E-state index is 0.0199. The monoisotopic (exact) mass is 443 g/mol. The summed E-state index contributed by atoms with van der Waals surface area (Å²) in [7, 11) is 0. The lowest BCUT2D eigenvalue weighted by atomic mass is 9.96. The molecule has 1 aliphatic heterocycles. The highest BCUT2D eigenvalue weighted by Crippen LogP contribution is 2.36. The van der Waals surface area contributed by atoms with Crippen molar-refractivity contribution in [3.8, 4) is 0 Å². The average Bonchev–Trinajstić information content (AvgIpc) is 3.05. The van der Waals surface area contributed by atoms with E-state index in [1.165, 1.54) is 34.9 Å². The molecule has 3 N–H and O–H groups in total. The summed E-state index contributed by atoms with van der Waals surface area (Å²) in [6.07, 6.45) is -5.16. The van der Waals surface area contributed by atoms with Crippen LogP contribution in [0.4, 0.5) is 13.2 Å². The Morgan fingerprint density at radius 1 is 1.12 bits per heavy atom. The molecule has 0 unspecified atom stereocenters. The summed E-state index contributed by atoms with van der Waals surface area (Å²) in [5, 5.41) is 9.49. The number of carbonyl (C=O) groups is 3. The van der Waals surface area contributed by atoms with Gasteiger partial charge in [0.25, 0.3) is 0 Å². The van der Waals surface area contributed by atoms with Crippen LogP contribution >= 0.6 is 0 Å². The number of carbonyl (C=O) groups excluding carboxylic acids is 2. The molecular weight excluding hydrogens is 427 g/mol. The van der Waals surface area contributed by atoms with Gasteiger partial charge in [-0.25, -0.2) is 0 Å². The lowest BCUT2D eigenvalue weighted by Gasteiger charge is -2.18. The zero-order valence-corrected chi connectivity index (χ0v) is 16.4. The fourth-order valence-corrected chi connectivity index (χ4v) is 4.05. The minimum Gasteiger partial charge on any atom is -0.481 e. The van der Waals surface area contributed by atoms with E-state index >= 15 is 0 Å². The molecule has 1 aromatic heterocycles. The molecule has 0 radical (unpaired) electrons. The number of carboxylic acid groups (broad SMARTS) is 1. The van der Waals surface area contributed by atoms with Gasteiger partial charge >= 0.3 is 12.1 Å². The Balaban J connectivity index is 2.05. The number of Topliss-reactive ketones (excluding diaryl/α,β-unsaturated/α-hetero) is 1. The Morgan fingerprint density at radius 2 is 1.84 bits per heavy atom. The van der Waals surface area contributed by atoms with Gasteiger partial charge in [-0.1, -0.05) is 24.3 Å². The van der Waals surface area contributed by atoms with Crippen molar-refractivity contribution in [2.75, 3.05) is 6.54 Å². The van der Waals surface area contributed by atoms with Crippen LogP contribution in [0.5, 0.6) is 0 Å². The molecule has 0 saturated heterocycles. The van der Waals surface area contributed by atoms with Gasteiger partial charge in [0.2, 0.25) is 5.91 Å². The second kappa shape index (κ2) is 7.63. The topological polar surface area (TPSA) is 115 Å². The van der Waals surface area contributed by atoms with Crippen LogP contribution < -0.4 is 5.73 Å². The molecule has 0 bridgehead atoms. The van der Waals surface area contributed by atoms with E-state index in [-0.39, 0.29) is 52.1 Å². The molecule has 0 saturated carbocycles. The minimum atomic E-state index is -4.62. The number of rotatable bonds is 5. The number of benzene rings is 2. The fraction of sp³-hybridized carbons (Fsp3) is 0.182. The van der Waals surface area contributed by atoms with E-state index < -0.39 is 35.8 Å². The maximum absolute atomic E-state index is 13.6. The van der Waals surface area contributed by atoms with Crippen LogP contribution in [0.2, 0.25) is 0 Å². The first kappa shape index (κ1) is 21.3. The van der Waals surface area contributed by atoms with Gasteiger partial charge in [0, 0.05) is 17.5 Å². The molecule has 0 fully saturated rings. The normalized spacial score (nSPS) is 13.7. The summed E-state index contributed by atoms with van der Waals surface area (Å²) >= 11 is 0. The van der Waals surface area contributed by atoms with E-state index in [1.54, 1.807) is 6.07 Å². The third-order valence-electron chi connectivity index (χ3n) is 5.29. The van der Waals surface area contributed by atoms with E-state index in [9.17, 15) is 32.7 Å². The van der Waals surface area contributed by atoms with Crippen molar-refractivity contribution < 1.29 is 32.7 Å². The molecule has 0 atom stereocenters. The van der Waals surface area contributed by atoms with Gasteiger partial charge in [-0.05, 0) is 23.8 Å². The number of nitrogens with zero attached hydrogens (tertiary/aromatic N) is 2.